The van der Waals surface area contributed by atoms with E-state index in [1.165, 1.54) is 12.1 Å². The van der Waals surface area contributed by atoms with Crippen molar-refractivity contribution in [2.24, 2.45) is 5.92 Å². The van der Waals surface area contributed by atoms with Gasteiger partial charge in [0.25, 0.3) is 5.91 Å². The van der Waals surface area contributed by atoms with Crippen LogP contribution in [0.15, 0.2) is 22.7 Å². The molecular formula is C17H17F4N3O2. The monoisotopic (exact) mass is 371 g/mol. The molecule has 0 saturated heterocycles. The van der Waals surface area contributed by atoms with Crippen LogP contribution in [0.1, 0.15) is 42.4 Å². The summed E-state index contributed by atoms with van der Waals surface area (Å²) >= 11 is 0. The Morgan fingerprint density at radius 3 is 2.62 bits per heavy atom. The maximum Gasteiger partial charge on any atom is 0.471 e. The summed E-state index contributed by atoms with van der Waals surface area (Å²) < 4.78 is 56.0. The molecule has 1 aliphatic carbocycles. The van der Waals surface area contributed by atoms with Crippen LogP contribution in [0.25, 0.3) is 11.4 Å². The molecule has 1 amide bonds. The molecule has 1 fully saturated rings. The molecule has 3 rings (SSSR count). The highest BCUT2D eigenvalue weighted by Crippen LogP contribution is 2.31. The fraction of sp³-hybridized carbons (Fsp3) is 0.471. The molecule has 5 nitrogen and oxygen atoms in total. The molecule has 1 saturated carbocycles. The van der Waals surface area contributed by atoms with Crippen LogP contribution in [0.2, 0.25) is 0 Å². The maximum absolute atomic E-state index is 14.4. The Balaban J connectivity index is 1.82. The van der Waals surface area contributed by atoms with Gasteiger partial charge in [0, 0.05) is 18.7 Å². The predicted molar refractivity (Wildman–Crippen MR) is 83.6 cm³/mol. The van der Waals surface area contributed by atoms with Gasteiger partial charge in [0.2, 0.25) is 5.82 Å². The molecule has 0 radical (unpaired) electrons. The van der Waals surface area contributed by atoms with Crippen LogP contribution in [0.4, 0.5) is 17.6 Å². The molecule has 140 valence electrons. The second-order valence-electron chi connectivity index (χ2n) is 6.31. The first kappa shape index (κ1) is 18.3. The first-order valence-electron chi connectivity index (χ1n) is 8.29. The Morgan fingerprint density at radius 2 is 2.08 bits per heavy atom. The normalized spacial score (nSPS) is 14.5. The minimum absolute atomic E-state index is 0.139. The van der Waals surface area contributed by atoms with Gasteiger partial charge in [-0.25, -0.2) is 4.39 Å². The molecule has 0 unspecified atom stereocenters. The van der Waals surface area contributed by atoms with Crippen molar-refractivity contribution in [3.05, 3.63) is 35.5 Å². The Labute approximate surface area is 147 Å². The van der Waals surface area contributed by atoms with E-state index in [2.05, 4.69) is 14.7 Å². The SMILES string of the molecule is CCCN(CC1CC1)C(=O)c1ccc(-c2noc(C(F)(F)F)n2)c(F)c1. The van der Waals surface area contributed by atoms with Crippen molar-refractivity contribution in [3.63, 3.8) is 0 Å². The highest BCUT2D eigenvalue weighted by molar-refractivity contribution is 5.94. The van der Waals surface area contributed by atoms with Crippen LogP contribution in [0.3, 0.4) is 0 Å². The predicted octanol–water partition coefficient (Wildman–Crippen LogP) is 4.16. The molecule has 0 bridgehead atoms. The second kappa shape index (κ2) is 7.05. The van der Waals surface area contributed by atoms with Gasteiger partial charge in [-0.15, -0.1) is 0 Å². The molecule has 1 aromatic heterocycles. The Kier molecular flexibility index (Phi) is 4.97. The topological polar surface area (TPSA) is 59.2 Å². The number of benzene rings is 1. The largest absolute Gasteiger partial charge is 0.471 e. The summed E-state index contributed by atoms with van der Waals surface area (Å²) in [5, 5.41) is 3.16. The number of hydrogen-bond donors (Lipinski definition) is 0. The molecule has 26 heavy (non-hydrogen) atoms. The van der Waals surface area contributed by atoms with E-state index in [-0.39, 0.29) is 17.0 Å². The number of halogens is 4. The van der Waals surface area contributed by atoms with Crippen molar-refractivity contribution in [1.29, 1.82) is 0 Å². The van der Waals surface area contributed by atoms with Crippen LogP contribution in [-0.4, -0.2) is 34.0 Å². The van der Waals surface area contributed by atoms with Crippen LogP contribution >= 0.6 is 0 Å². The number of alkyl halides is 3. The summed E-state index contributed by atoms with van der Waals surface area (Å²) in [7, 11) is 0. The van der Waals surface area contributed by atoms with Gasteiger partial charge >= 0.3 is 12.1 Å². The Morgan fingerprint density at radius 1 is 1.35 bits per heavy atom. The molecule has 0 spiro atoms. The Hall–Kier alpha value is -2.45. The number of rotatable bonds is 6. The molecule has 1 aliphatic rings. The molecular weight excluding hydrogens is 354 g/mol. The van der Waals surface area contributed by atoms with E-state index in [0.29, 0.717) is 19.0 Å². The molecule has 9 heteroatoms. The van der Waals surface area contributed by atoms with Gasteiger partial charge in [-0.05, 0) is 43.4 Å². The standard InChI is InChI=1S/C17H17F4N3O2/c1-2-7-24(9-10-3-4-10)15(25)11-5-6-12(13(18)8-11)14-22-16(26-23-14)17(19,20)21/h5-6,8,10H,2-4,7,9H2,1H3. The minimum Gasteiger partial charge on any atom is -0.338 e. The highest BCUT2D eigenvalue weighted by atomic mass is 19.4. The van der Waals surface area contributed by atoms with Gasteiger partial charge in [-0.2, -0.15) is 18.2 Å². The molecule has 1 heterocycles. The van der Waals surface area contributed by atoms with Gasteiger partial charge in [-0.1, -0.05) is 12.1 Å². The van der Waals surface area contributed by atoms with Gasteiger partial charge in [0.1, 0.15) is 5.82 Å². The van der Waals surface area contributed by atoms with E-state index in [1.54, 1.807) is 4.90 Å². The minimum atomic E-state index is -4.80. The summed E-state index contributed by atoms with van der Waals surface area (Å²) in [6.45, 7) is 3.15. The second-order valence-corrected chi connectivity index (χ2v) is 6.31. The first-order valence-corrected chi connectivity index (χ1v) is 8.29. The van der Waals surface area contributed by atoms with Crippen molar-refractivity contribution in [3.8, 4) is 11.4 Å². The van der Waals surface area contributed by atoms with E-state index in [4.69, 9.17) is 0 Å². The fourth-order valence-corrected chi connectivity index (χ4v) is 2.62. The number of carbonyl (C=O) groups is 1. The fourth-order valence-electron chi connectivity index (χ4n) is 2.62. The van der Waals surface area contributed by atoms with E-state index in [9.17, 15) is 22.4 Å². The molecule has 0 N–H and O–H groups in total. The zero-order valence-electron chi connectivity index (χ0n) is 14.0. The van der Waals surface area contributed by atoms with Crippen LogP contribution in [-0.2, 0) is 6.18 Å². The molecule has 1 aromatic carbocycles. The summed E-state index contributed by atoms with van der Waals surface area (Å²) in [4.78, 5) is 17.4. The summed E-state index contributed by atoms with van der Waals surface area (Å²) in [5.41, 5.74) is -0.120. The third kappa shape index (κ3) is 4.03. The Bertz CT molecular complexity index is 800. The van der Waals surface area contributed by atoms with E-state index in [1.807, 2.05) is 6.92 Å². The van der Waals surface area contributed by atoms with Gasteiger partial charge in [-0.3, -0.25) is 4.79 Å². The summed E-state index contributed by atoms with van der Waals surface area (Å²) in [6.07, 6.45) is -1.86. The lowest BCUT2D eigenvalue weighted by molar-refractivity contribution is -0.159. The van der Waals surface area contributed by atoms with Crippen molar-refractivity contribution in [2.75, 3.05) is 13.1 Å². The molecule has 2 aromatic rings. The first-order chi connectivity index (χ1) is 12.3. The number of carbonyl (C=O) groups excluding carboxylic acids is 1. The summed E-state index contributed by atoms with van der Waals surface area (Å²) in [5.74, 6) is -2.75. The lowest BCUT2D eigenvalue weighted by atomic mass is 10.1. The molecule has 0 aliphatic heterocycles. The van der Waals surface area contributed by atoms with Crippen molar-refractivity contribution in [2.45, 2.75) is 32.4 Å². The van der Waals surface area contributed by atoms with Crippen LogP contribution in [0.5, 0.6) is 0 Å². The van der Waals surface area contributed by atoms with E-state index in [0.717, 1.165) is 25.3 Å². The van der Waals surface area contributed by atoms with E-state index < -0.39 is 23.7 Å². The zero-order chi connectivity index (χ0) is 18.9. The number of amides is 1. The number of hydrogen-bond acceptors (Lipinski definition) is 4. The lowest BCUT2D eigenvalue weighted by Crippen LogP contribution is -2.33. The quantitative estimate of drug-likeness (QED) is 0.716. The van der Waals surface area contributed by atoms with Crippen LogP contribution in [0, 0.1) is 11.7 Å². The van der Waals surface area contributed by atoms with Gasteiger partial charge in [0.05, 0.1) is 5.56 Å². The number of nitrogens with zero attached hydrogens (tertiary/aromatic N) is 3. The average molecular weight is 371 g/mol. The van der Waals surface area contributed by atoms with Crippen LogP contribution < -0.4 is 0 Å². The van der Waals surface area contributed by atoms with Gasteiger partial charge in [0.15, 0.2) is 0 Å². The summed E-state index contributed by atoms with van der Waals surface area (Å²) in [6, 6.07) is 3.55. The molecule has 0 atom stereocenters. The highest BCUT2D eigenvalue weighted by Gasteiger charge is 2.38. The van der Waals surface area contributed by atoms with Crippen molar-refractivity contribution in [1.82, 2.24) is 15.0 Å². The van der Waals surface area contributed by atoms with Gasteiger partial charge < -0.3 is 9.42 Å². The third-order valence-electron chi connectivity index (χ3n) is 4.08. The van der Waals surface area contributed by atoms with E-state index >= 15 is 0 Å². The number of aromatic nitrogens is 2. The lowest BCUT2D eigenvalue weighted by Gasteiger charge is -2.22. The smallest absolute Gasteiger partial charge is 0.338 e. The average Bonchev–Trinajstić information content (AvgIpc) is 3.25. The van der Waals surface area contributed by atoms with Crippen molar-refractivity contribution < 1.29 is 26.9 Å². The zero-order valence-corrected chi connectivity index (χ0v) is 14.0. The van der Waals surface area contributed by atoms with Crippen molar-refractivity contribution >= 4 is 5.91 Å². The third-order valence-corrected chi connectivity index (χ3v) is 4.08. The maximum atomic E-state index is 14.4.